The van der Waals surface area contributed by atoms with Crippen LogP contribution in [0.15, 0.2) is 36.4 Å². The zero-order chi connectivity index (χ0) is 18.5. The number of piperazine rings is 1. The van der Waals surface area contributed by atoms with Crippen LogP contribution in [0.25, 0.3) is 0 Å². The highest BCUT2D eigenvalue weighted by molar-refractivity contribution is 5.45. The largest absolute Gasteiger partial charge is 0.354 e. The van der Waals surface area contributed by atoms with Crippen LogP contribution in [-0.2, 0) is 6.54 Å². The maximum atomic E-state index is 4.85. The second-order valence-corrected chi connectivity index (χ2v) is 7.92. The quantitative estimate of drug-likeness (QED) is 0.872. The van der Waals surface area contributed by atoms with Crippen LogP contribution in [0.5, 0.6) is 0 Å². The lowest BCUT2D eigenvalue weighted by Gasteiger charge is -2.35. The van der Waals surface area contributed by atoms with E-state index in [-0.39, 0.29) is 0 Å². The van der Waals surface area contributed by atoms with E-state index in [1.807, 2.05) is 0 Å². The predicted molar refractivity (Wildman–Crippen MR) is 111 cm³/mol. The van der Waals surface area contributed by atoms with E-state index in [9.17, 15) is 0 Å². The Morgan fingerprint density at radius 2 is 1.70 bits per heavy atom. The molecule has 0 unspecified atom stereocenters. The first-order chi connectivity index (χ1) is 13.3. The first kappa shape index (κ1) is 18.2. The lowest BCUT2D eigenvalue weighted by Crippen LogP contribution is -2.46. The Bertz CT molecular complexity index is 719. The van der Waals surface area contributed by atoms with Crippen LogP contribution in [0.2, 0.25) is 0 Å². The number of nitrogens with one attached hydrogen (secondary N) is 1. The number of benzene rings is 1. The van der Waals surface area contributed by atoms with Crippen LogP contribution < -0.4 is 10.2 Å². The number of rotatable bonds is 5. The molecule has 0 atom stereocenters. The molecule has 4 rings (SSSR count). The van der Waals surface area contributed by atoms with Crippen molar-refractivity contribution in [3.63, 3.8) is 0 Å². The second-order valence-electron chi connectivity index (χ2n) is 7.92. The fourth-order valence-electron chi connectivity index (χ4n) is 4.18. The van der Waals surface area contributed by atoms with E-state index in [2.05, 4.69) is 63.4 Å². The summed E-state index contributed by atoms with van der Waals surface area (Å²) in [6.45, 7) is 7.29. The Balaban J connectivity index is 1.36. The maximum absolute atomic E-state index is 4.85. The van der Waals surface area contributed by atoms with Gasteiger partial charge in [-0.25, -0.2) is 4.98 Å². The van der Waals surface area contributed by atoms with Gasteiger partial charge in [-0.3, -0.25) is 4.90 Å². The summed E-state index contributed by atoms with van der Waals surface area (Å²) in [4.78, 5) is 14.4. The molecule has 5 heteroatoms. The summed E-state index contributed by atoms with van der Waals surface area (Å²) in [6.07, 6.45) is 6.49. The van der Waals surface area contributed by atoms with Gasteiger partial charge in [-0.05, 0) is 25.3 Å². The SMILES string of the molecule is Cc1cc(N2CCN(Cc3ccccc3)CC2)nc(NC2CCCCC2)n1. The second kappa shape index (κ2) is 8.70. The molecule has 2 aromatic rings. The van der Waals surface area contributed by atoms with Crippen molar-refractivity contribution in [2.45, 2.75) is 51.6 Å². The van der Waals surface area contributed by atoms with Gasteiger partial charge in [0.15, 0.2) is 0 Å². The third-order valence-corrected chi connectivity index (χ3v) is 5.72. The number of anilines is 2. The Labute approximate surface area is 162 Å². The minimum absolute atomic E-state index is 0.538. The summed E-state index contributed by atoms with van der Waals surface area (Å²) < 4.78 is 0. The third kappa shape index (κ3) is 4.98. The highest BCUT2D eigenvalue weighted by Gasteiger charge is 2.20. The van der Waals surface area contributed by atoms with Crippen molar-refractivity contribution >= 4 is 11.8 Å². The van der Waals surface area contributed by atoms with E-state index in [1.54, 1.807) is 0 Å². The fraction of sp³-hybridized carbons (Fsp3) is 0.545. The molecule has 0 radical (unpaired) electrons. The van der Waals surface area contributed by atoms with Crippen molar-refractivity contribution in [3.8, 4) is 0 Å². The van der Waals surface area contributed by atoms with Crippen LogP contribution in [0.4, 0.5) is 11.8 Å². The van der Waals surface area contributed by atoms with E-state index >= 15 is 0 Å². The van der Waals surface area contributed by atoms with E-state index in [0.29, 0.717) is 6.04 Å². The molecule has 1 aliphatic carbocycles. The van der Waals surface area contributed by atoms with Gasteiger partial charge in [0.2, 0.25) is 5.95 Å². The number of aryl methyl sites for hydroxylation is 1. The summed E-state index contributed by atoms with van der Waals surface area (Å²) in [5, 5.41) is 3.58. The summed E-state index contributed by atoms with van der Waals surface area (Å²) >= 11 is 0. The van der Waals surface area contributed by atoms with Gasteiger partial charge in [0.25, 0.3) is 0 Å². The third-order valence-electron chi connectivity index (χ3n) is 5.72. The molecule has 144 valence electrons. The average Bonchev–Trinajstić information content (AvgIpc) is 2.70. The molecule has 2 fully saturated rings. The van der Waals surface area contributed by atoms with Gasteiger partial charge in [-0.2, -0.15) is 4.98 Å². The molecule has 1 aromatic heterocycles. The lowest BCUT2D eigenvalue weighted by molar-refractivity contribution is 0.249. The Morgan fingerprint density at radius 3 is 2.44 bits per heavy atom. The zero-order valence-electron chi connectivity index (χ0n) is 16.4. The monoisotopic (exact) mass is 365 g/mol. The van der Waals surface area contributed by atoms with Gasteiger partial charge in [0.05, 0.1) is 0 Å². The molecule has 1 aliphatic heterocycles. The lowest BCUT2D eigenvalue weighted by atomic mass is 9.96. The number of nitrogens with zero attached hydrogens (tertiary/aromatic N) is 4. The summed E-state index contributed by atoms with van der Waals surface area (Å²) in [5.41, 5.74) is 2.44. The average molecular weight is 366 g/mol. The van der Waals surface area contributed by atoms with Gasteiger partial charge in [0, 0.05) is 50.5 Å². The molecule has 0 amide bonds. The topological polar surface area (TPSA) is 44.3 Å². The fourth-order valence-corrected chi connectivity index (χ4v) is 4.18. The number of hydrogen-bond acceptors (Lipinski definition) is 5. The molecule has 2 aliphatic rings. The minimum Gasteiger partial charge on any atom is -0.354 e. The maximum Gasteiger partial charge on any atom is 0.225 e. The molecule has 1 aromatic carbocycles. The molecule has 1 saturated carbocycles. The van der Waals surface area contributed by atoms with Crippen LogP contribution in [0, 0.1) is 6.92 Å². The summed E-state index contributed by atoms with van der Waals surface area (Å²) in [6, 6.07) is 13.4. The molecule has 27 heavy (non-hydrogen) atoms. The highest BCUT2D eigenvalue weighted by Crippen LogP contribution is 2.22. The van der Waals surface area contributed by atoms with Crippen molar-refractivity contribution in [1.29, 1.82) is 0 Å². The van der Waals surface area contributed by atoms with E-state index in [4.69, 9.17) is 4.98 Å². The minimum atomic E-state index is 0.538. The van der Waals surface area contributed by atoms with Gasteiger partial charge in [-0.15, -0.1) is 0 Å². The van der Waals surface area contributed by atoms with Gasteiger partial charge >= 0.3 is 0 Å². The summed E-state index contributed by atoms with van der Waals surface area (Å²) in [7, 11) is 0. The molecule has 1 saturated heterocycles. The van der Waals surface area contributed by atoms with Gasteiger partial charge in [-0.1, -0.05) is 49.6 Å². The zero-order valence-corrected chi connectivity index (χ0v) is 16.4. The molecule has 5 nitrogen and oxygen atoms in total. The van der Waals surface area contributed by atoms with Crippen LogP contribution in [0.3, 0.4) is 0 Å². The smallest absolute Gasteiger partial charge is 0.225 e. The Kier molecular flexibility index (Phi) is 5.87. The normalized spacial score (nSPS) is 19.2. The molecule has 1 N–H and O–H groups in total. The first-order valence-corrected chi connectivity index (χ1v) is 10.4. The Hall–Kier alpha value is -2.14. The van der Waals surface area contributed by atoms with E-state index < -0.39 is 0 Å². The van der Waals surface area contributed by atoms with Gasteiger partial charge in [0.1, 0.15) is 5.82 Å². The molecule has 2 heterocycles. The van der Waals surface area contributed by atoms with Crippen LogP contribution in [-0.4, -0.2) is 47.1 Å². The molecule has 0 spiro atoms. The standard InChI is InChI=1S/C22H31N5/c1-18-16-21(25-22(23-18)24-20-10-6-3-7-11-20)27-14-12-26(13-15-27)17-19-8-4-2-5-9-19/h2,4-5,8-9,16,20H,3,6-7,10-15,17H2,1H3,(H,23,24,25). The Morgan fingerprint density at radius 1 is 0.963 bits per heavy atom. The van der Waals surface area contributed by atoms with E-state index in [1.165, 1.54) is 37.7 Å². The number of hydrogen-bond donors (Lipinski definition) is 1. The predicted octanol–water partition coefficient (Wildman–Crippen LogP) is 3.85. The molecular weight excluding hydrogens is 334 g/mol. The van der Waals surface area contributed by atoms with Crippen molar-refractivity contribution in [1.82, 2.24) is 14.9 Å². The summed E-state index contributed by atoms with van der Waals surface area (Å²) in [5.74, 6) is 1.88. The van der Waals surface area contributed by atoms with Crippen molar-refractivity contribution in [2.24, 2.45) is 0 Å². The number of aromatic nitrogens is 2. The highest BCUT2D eigenvalue weighted by atomic mass is 15.3. The van der Waals surface area contributed by atoms with Crippen molar-refractivity contribution in [3.05, 3.63) is 47.7 Å². The van der Waals surface area contributed by atoms with Crippen molar-refractivity contribution in [2.75, 3.05) is 36.4 Å². The first-order valence-electron chi connectivity index (χ1n) is 10.4. The van der Waals surface area contributed by atoms with Crippen LogP contribution >= 0.6 is 0 Å². The van der Waals surface area contributed by atoms with Crippen LogP contribution in [0.1, 0.15) is 43.4 Å². The molecular formula is C22H31N5. The van der Waals surface area contributed by atoms with Gasteiger partial charge < -0.3 is 10.2 Å². The van der Waals surface area contributed by atoms with E-state index in [0.717, 1.165) is 50.2 Å². The molecule has 0 bridgehead atoms. The van der Waals surface area contributed by atoms with Crippen molar-refractivity contribution < 1.29 is 0 Å².